The molecule has 2 unspecified atom stereocenters. The number of benzene rings is 1. The summed E-state index contributed by atoms with van der Waals surface area (Å²) >= 11 is 0. The third kappa shape index (κ3) is 3.92. The summed E-state index contributed by atoms with van der Waals surface area (Å²) in [4.78, 5) is 0. The molecule has 3 N–H and O–H groups in total. The van der Waals surface area contributed by atoms with Crippen LogP contribution in [-0.4, -0.2) is 6.04 Å². The quantitative estimate of drug-likeness (QED) is 0.651. The van der Waals surface area contributed by atoms with Crippen molar-refractivity contribution in [1.29, 1.82) is 0 Å². The second kappa shape index (κ2) is 8.23. The topological polar surface area (TPSA) is 38.0 Å². The largest absolute Gasteiger partial charge is 0.398 e. The van der Waals surface area contributed by atoms with Crippen LogP contribution >= 0.6 is 0 Å². The van der Waals surface area contributed by atoms with E-state index in [2.05, 4.69) is 76.5 Å². The minimum absolute atomic E-state index is 0.359. The van der Waals surface area contributed by atoms with Crippen molar-refractivity contribution < 1.29 is 0 Å². The van der Waals surface area contributed by atoms with Crippen LogP contribution in [0, 0.1) is 5.92 Å². The molecular weight excluding hydrogens is 292 g/mol. The lowest BCUT2D eigenvalue weighted by Crippen LogP contribution is -2.33. The molecule has 0 aromatic heterocycles. The Morgan fingerprint density at radius 1 is 1.25 bits per heavy atom. The molecule has 2 rings (SSSR count). The molecular formula is C22H32N2. The molecule has 0 saturated carbocycles. The summed E-state index contributed by atoms with van der Waals surface area (Å²) in [6, 6.07) is 6.84. The third-order valence-electron chi connectivity index (χ3n) is 5.25. The van der Waals surface area contributed by atoms with Gasteiger partial charge < -0.3 is 11.1 Å². The van der Waals surface area contributed by atoms with Gasteiger partial charge in [-0.05, 0) is 67.3 Å². The Kier molecular flexibility index (Phi) is 6.30. The van der Waals surface area contributed by atoms with Crippen LogP contribution in [0.3, 0.4) is 0 Å². The highest BCUT2D eigenvalue weighted by molar-refractivity contribution is 5.81. The number of hydrogen-bond acceptors (Lipinski definition) is 2. The number of nitrogens with one attached hydrogen (secondary N) is 1. The minimum Gasteiger partial charge on any atom is -0.398 e. The smallest absolute Gasteiger partial charge is 0.0539 e. The number of dihydropyridines is 1. The number of nitrogens with two attached hydrogens (primary N) is 1. The van der Waals surface area contributed by atoms with E-state index >= 15 is 0 Å². The molecule has 1 aromatic carbocycles. The highest BCUT2D eigenvalue weighted by Gasteiger charge is 2.22. The monoisotopic (exact) mass is 324 g/mol. The van der Waals surface area contributed by atoms with Gasteiger partial charge in [0.1, 0.15) is 0 Å². The van der Waals surface area contributed by atoms with E-state index in [1.807, 2.05) is 0 Å². The number of anilines is 1. The van der Waals surface area contributed by atoms with E-state index < -0.39 is 0 Å². The van der Waals surface area contributed by atoms with Gasteiger partial charge in [-0.1, -0.05) is 51.3 Å². The Morgan fingerprint density at radius 3 is 2.67 bits per heavy atom. The van der Waals surface area contributed by atoms with Crippen LogP contribution in [0.1, 0.15) is 65.0 Å². The van der Waals surface area contributed by atoms with E-state index in [9.17, 15) is 0 Å². The van der Waals surface area contributed by atoms with Gasteiger partial charge in [0.05, 0.1) is 6.04 Å². The molecule has 1 heterocycles. The Labute approximate surface area is 147 Å². The minimum atomic E-state index is 0.359. The van der Waals surface area contributed by atoms with Gasteiger partial charge in [-0.15, -0.1) is 0 Å². The van der Waals surface area contributed by atoms with Gasteiger partial charge in [0.15, 0.2) is 0 Å². The summed E-state index contributed by atoms with van der Waals surface area (Å²) in [7, 11) is 0. The predicted molar refractivity (Wildman–Crippen MR) is 108 cm³/mol. The molecule has 2 atom stereocenters. The average Bonchev–Trinajstić information content (AvgIpc) is 2.61. The summed E-state index contributed by atoms with van der Waals surface area (Å²) in [5.74, 6) is 0.584. The maximum atomic E-state index is 6.29. The molecule has 1 aromatic rings. The van der Waals surface area contributed by atoms with Gasteiger partial charge in [-0.25, -0.2) is 0 Å². The van der Waals surface area contributed by atoms with Crippen molar-refractivity contribution in [2.24, 2.45) is 5.92 Å². The second-order valence-corrected chi connectivity index (χ2v) is 6.97. The van der Waals surface area contributed by atoms with E-state index in [0.29, 0.717) is 12.0 Å². The Balaban J connectivity index is 2.45. The van der Waals surface area contributed by atoms with Crippen LogP contribution in [0.5, 0.6) is 0 Å². The van der Waals surface area contributed by atoms with Gasteiger partial charge in [0, 0.05) is 11.3 Å². The fraction of sp³-hybridized carbons (Fsp3) is 0.455. The van der Waals surface area contributed by atoms with Crippen molar-refractivity contribution in [2.45, 2.75) is 59.9 Å². The maximum absolute atomic E-state index is 6.29. The molecule has 0 fully saturated rings. The number of allylic oxidation sites excluding steroid dienone is 4. The van der Waals surface area contributed by atoms with E-state index in [1.165, 1.54) is 34.3 Å². The van der Waals surface area contributed by atoms with Crippen molar-refractivity contribution in [3.63, 3.8) is 0 Å². The highest BCUT2D eigenvalue weighted by atomic mass is 14.9. The molecule has 2 heteroatoms. The molecule has 1 aliphatic rings. The maximum Gasteiger partial charge on any atom is 0.0539 e. The lowest BCUT2D eigenvalue weighted by Gasteiger charge is -2.29. The molecule has 0 saturated heterocycles. The van der Waals surface area contributed by atoms with Crippen LogP contribution < -0.4 is 11.1 Å². The van der Waals surface area contributed by atoms with Gasteiger partial charge in [-0.2, -0.15) is 0 Å². The van der Waals surface area contributed by atoms with Gasteiger partial charge in [-0.3, -0.25) is 0 Å². The lowest BCUT2D eigenvalue weighted by molar-refractivity contribution is 0.469. The van der Waals surface area contributed by atoms with Gasteiger partial charge >= 0.3 is 0 Å². The van der Waals surface area contributed by atoms with Crippen LogP contribution in [0.15, 0.2) is 42.1 Å². The first kappa shape index (κ1) is 18.4. The molecule has 0 bridgehead atoms. The summed E-state index contributed by atoms with van der Waals surface area (Å²) < 4.78 is 0. The number of rotatable bonds is 6. The summed E-state index contributed by atoms with van der Waals surface area (Å²) in [5, 5.41) is 3.53. The van der Waals surface area contributed by atoms with Gasteiger partial charge in [0.25, 0.3) is 0 Å². The lowest BCUT2D eigenvalue weighted by atomic mass is 9.85. The van der Waals surface area contributed by atoms with Crippen molar-refractivity contribution in [2.75, 3.05) is 5.73 Å². The predicted octanol–water partition coefficient (Wildman–Crippen LogP) is 5.78. The van der Waals surface area contributed by atoms with Crippen LogP contribution in [0.25, 0.3) is 11.1 Å². The summed E-state index contributed by atoms with van der Waals surface area (Å²) in [5.41, 5.74) is 13.7. The van der Waals surface area contributed by atoms with Crippen molar-refractivity contribution in [3.05, 3.63) is 53.3 Å². The van der Waals surface area contributed by atoms with Gasteiger partial charge in [0.2, 0.25) is 0 Å². The first-order valence-corrected chi connectivity index (χ1v) is 9.18. The zero-order valence-electron chi connectivity index (χ0n) is 15.8. The number of hydrogen-bond donors (Lipinski definition) is 2. The molecule has 0 aliphatic carbocycles. The van der Waals surface area contributed by atoms with Crippen LogP contribution in [-0.2, 0) is 0 Å². The normalized spacial score (nSPS) is 19.4. The van der Waals surface area contributed by atoms with Crippen molar-refractivity contribution >= 4 is 16.8 Å². The first-order chi connectivity index (χ1) is 11.5. The Bertz CT molecular complexity index is 665. The molecule has 0 spiro atoms. The van der Waals surface area contributed by atoms with Crippen LogP contribution in [0.4, 0.5) is 5.69 Å². The van der Waals surface area contributed by atoms with E-state index in [1.54, 1.807) is 0 Å². The third-order valence-corrected chi connectivity index (χ3v) is 5.25. The van der Waals surface area contributed by atoms with Crippen LogP contribution in [0.2, 0.25) is 0 Å². The van der Waals surface area contributed by atoms with E-state index in [-0.39, 0.29) is 0 Å². The average molecular weight is 325 g/mol. The fourth-order valence-corrected chi connectivity index (χ4v) is 3.34. The molecule has 0 amide bonds. The zero-order chi connectivity index (χ0) is 17.7. The number of nitrogen functional groups attached to an aromatic ring is 1. The molecule has 2 nitrogen and oxygen atoms in total. The standard InChI is InChI=1S/C22H32N2/c1-6-9-16(4)17(5)20-14-18(11-12-21(20)23)19-10-8-13-24-22(19)15(3)7-2/h8,10-15,22,24H,6-7,9,23H2,1-5H3/b17-16+. The highest BCUT2D eigenvalue weighted by Crippen LogP contribution is 2.32. The van der Waals surface area contributed by atoms with Crippen molar-refractivity contribution in [1.82, 2.24) is 5.32 Å². The molecule has 1 aliphatic heterocycles. The fourth-order valence-electron chi connectivity index (χ4n) is 3.34. The Hall–Kier alpha value is -1.96. The summed E-state index contributed by atoms with van der Waals surface area (Å²) in [6.07, 6.45) is 9.82. The second-order valence-electron chi connectivity index (χ2n) is 6.97. The molecule has 0 radical (unpaired) electrons. The zero-order valence-corrected chi connectivity index (χ0v) is 15.8. The molecule has 24 heavy (non-hydrogen) atoms. The molecule has 130 valence electrons. The Morgan fingerprint density at radius 2 is 2.00 bits per heavy atom. The van der Waals surface area contributed by atoms with Crippen molar-refractivity contribution in [3.8, 4) is 0 Å². The van der Waals surface area contributed by atoms with E-state index in [4.69, 9.17) is 5.73 Å². The SMILES string of the molecule is CCC/C(C)=C(\C)c1cc(C2=CC=CNC2C(C)CC)ccc1N. The van der Waals surface area contributed by atoms with E-state index in [0.717, 1.165) is 18.5 Å². The first-order valence-electron chi connectivity index (χ1n) is 9.18. The summed E-state index contributed by atoms with van der Waals surface area (Å²) in [6.45, 7) is 11.2.